The van der Waals surface area contributed by atoms with E-state index in [4.69, 9.17) is 0 Å². The Balaban J connectivity index is 1.90. The maximum Gasteiger partial charge on any atom is 0.246 e. The molecule has 136 valence electrons. The molecule has 1 N–H and O–H groups in total. The summed E-state index contributed by atoms with van der Waals surface area (Å²) in [7, 11) is 1.61. The average Bonchev–Trinajstić information content (AvgIpc) is 2.61. The van der Waals surface area contributed by atoms with Crippen molar-refractivity contribution in [3.8, 4) is 0 Å². The molecular formula is C21H23BrN2O2. The van der Waals surface area contributed by atoms with E-state index in [0.29, 0.717) is 11.6 Å². The number of benzene rings is 2. The lowest BCUT2D eigenvalue weighted by atomic mass is 10.0. The van der Waals surface area contributed by atoms with E-state index in [0.717, 1.165) is 10.0 Å². The van der Waals surface area contributed by atoms with Crippen molar-refractivity contribution in [2.24, 2.45) is 0 Å². The molecule has 0 unspecified atom stereocenters. The Morgan fingerprint density at radius 3 is 2.38 bits per heavy atom. The van der Waals surface area contributed by atoms with E-state index in [2.05, 4.69) is 47.2 Å². The monoisotopic (exact) mass is 414 g/mol. The Kier molecular flexibility index (Phi) is 7.16. The molecule has 2 rings (SSSR count). The second kappa shape index (κ2) is 9.34. The van der Waals surface area contributed by atoms with Gasteiger partial charge in [-0.1, -0.05) is 50.2 Å². The minimum atomic E-state index is -0.248. The summed E-state index contributed by atoms with van der Waals surface area (Å²) in [6.45, 7) is 4.27. The average molecular weight is 415 g/mol. The van der Waals surface area contributed by atoms with Crippen molar-refractivity contribution in [3.63, 3.8) is 0 Å². The molecule has 0 heterocycles. The van der Waals surface area contributed by atoms with Gasteiger partial charge in [-0.2, -0.15) is 0 Å². The van der Waals surface area contributed by atoms with Crippen molar-refractivity contribution in [2.75, 3.05) is 18.9 Å². The zero-order valence-electron chi connectivity index (χ0n) is 15.2. The summed E-state index contributed by atoms with van der Waals surface area (Å²) in [6.07, 6.45) is 3.24. The van der Waals surface area contributed by atoms with Gasteiger partial charge >= 0.3 is 0 Å². The van der Waals surface area contributed by atoms with Gasteiger partial charge in [-0.3, -0.25) is 9.59 Å². The Morgan fingerprint density at radius 2 is 1.77 bits per heavy atom. The lowest BCUT2D eigenvalue weighted by Gasteiger charge is -2.15. The zero-order valence-corrected chi connectivity index (χ0v) is 16.8. The van der Waals surface area contributed by atoms with Crippen molar-refractivity contribution < 1.29 is 9.59 Å². The van der Waals surface area contributed by atoms with Gasteiger partial charge in [0, 0.05) is 17.6 Å². The van der Waals surface area contributed by atoms with Crippen LogP contribution in [0.4, 0.5) is 5.69 Å². The molecule has 0 spiro atoms. The molecule has 4 nitrogen and oxygen atoms in total. The summed E-state index contributed by atoms with van der Waals surface area (Å²) in [5, 5.41) is 2.78. The number of hydrogen-bond donors (Lipinski definition) is 1. The first-order valence-corrected chi connectivity index (χ1v) is 9.23. The summed E-state index contributed by atoms with van der Waals surface area (Å²) in [4.78, 5) is 25.7. The zero-order chi connectivity index (χ0) is 19.1. The number of amides is 2. The van der Waals surface area contributed by atoms with Crippen molar-refractivity contribution >= 4 is 39.5 Å². The van der Waals surface area contributed by atoms with E-state index in [1.165, 1.54) is 16.5 Å². The number of anilines is 1. The Morgan fingerprint density at radius 1 is 1.12 bits per heavy atom. The van der Waals surface area contributed by atoms with E-state index in [1.807, 2.05) is 30.3 Å². The number of para-hydroxylation sites is 1. The minimum absolute atomic E-state index is 0.0171. The van der Waals surface area contributed by atoms with Crippen LogP contribution < -0.4 is 5.32 Å². The van der Waals surface area contributed by atoms with Gasteiger partial charge in [-0.05, 0) is 51.2 Å². The van der Waals surface area contributed by atoms with Gasteiger partial charge in [0.25, 0.3) is 0 Å². The Hall–Kier alpha value is -2.40. The number of nitrogens with zero attached hydrogens (tertiary/aromatic N) is 1. The molecule has 2 aromatic rings. The molecule has 0 aromatic heterocycles. The summed E-state index contributed by atoms with van der Waals surface area (Å²) >= 11 is 3.38. The van der Waals surface area contributed by atoms with Crippen LogP contribution in [0.2, 0.25) is 0 Å². The van der Waals surface area contributed by atoms with Crippen molar-refractivity contribution in [2.45, 2.75) is 19.8 Å². The highest BCUT2D eigenvalue weighted by Gasteiger charge is 2.11. The number of hydrogen-bond acceptors (Lipinski definition) is 2. The molecule has 0 fully saturated rings. The smallest absolute Gasteiger partial charge is 0.246 e. The van der Waals surface area contributed by atoms with Gasteiger partial charge in [-0.15, -0.1) is 0 Å². The van der Waals surface area contributed by atoms with Crippen LogP contribution in [0.15, 0.2) is 59.1 Å². The second-order valence-corrected chi connectivity index (χ2v) is 7.23. The maximum absolute atomic E-state index is 12.2. The normalized spacial score (nSPS) is 11.0. The molecule has 5 heteroatoms. The van der Waals surface area contributed by atoms with Crippen molar-refractivity contribution in [1.82, 2.24) is 4.90 Å². The molecule has 0 aliphatic carbocycles. The van der Waals surface area contributed by atoms with Gasteiger partial charge in [-0.25, -0.2) is 0 Å². The van der Waals surface area contributed by atoms with Gasteiger partial charge in [0.05, 0.1) is 12.2 Å². The molecular weight excluding hydrogens is 392 g/mol. The van der Waals surface area contributed by atoms with E-state index in [1.54, 1.807) is 19.2 Å². The van der Waals surface area contributed by atoms with Crippen LogP contribution in [0.5, 0.6) is 0 Å². The third kappa shape index (κ3) is 5.85. The Labute approximate surface area is 163 Å². The van der Waals surface area contributed by atoms with E-state index >= 15 is 0 Å². The molecule has 0 saturated carbocycles. The summed E-state index contributed by atoms with van der Waals surface area (Å²) in [6, 6.07) is 15.4. The van der Waals surface area contributed by atoms with Crippen LogP contribution >= 0.6 is 15.9 Å². The molecule has 0 bridgehead atoms. The van der Waals surface area contributed by atoms with Crippen molar-refractivity contribution in [1.29, 1.82) is 0 Å². The number of halogens is 1. The second-order valence-electron chi connectivity index (χ2n) is 6.38. The first-order valence-electron chi connectivity index (χ1n) is 8.44. The van der Waals surface area contributed by atoms with Gasteiger partial charge < -0.3 is 10.2 Å². The first kappa shape index (κ1) is 19.9. The molecule has 2 amide bonds. The van der Waals surface area contributed by atoms with Crippen LogP contribution in [0.3, 0.4) is 0 Å². The SMILES string of the molecule is CC(C)c1ccc(/C=C/C(=O)N(C)CC(=O)Nc2ccccc2Br)cc1. The maximum atomic E-state index is 12.2. The number of rotatable bonds is 6. The van der Waals surface area contributed by atoms with E-state index < -0.39 is 0 Å². The van der Waals surface area contributed by atoms with Gasteiger partial charge in [0.15, 0.2) is 0 Å². The molecule has 2 aromatic carbocycles. The van der Waals surface area contributed by atoms with Crippen molar-refractivity contribution in [3.05, 3.63) is 70.2 Å². The van der Waals surface area contributed by atoms with Gasteiger partial charge in [0.1, 0.15) is 0 Å². The summed E-state index contributed by atoms with van der Waals surface area (Å²) < 4.78 is 0.798. The standard InChI is InChI=1S/C21H23BrN2O2/c1-15(2)17-11-8-16(9-12-17)10-13-21(26)24(3)14-20(25)23-19-7-5-4-6-18(19)22/h4-13,15H,14H2,1-3H3,(H,23,25)/b13-10+. The topological polar surface area (TPSA) is 49.4 Å². The van der Waals surface area contributed by atoms with E-state index in [-0.39, 0.29) is 18.4 Å². The van der Waals surface area contributed by atoms with Crippen LogP contribution in [0.25, 0.3) is 6.08 Å². The van der Waals surface area contributed by atoms with Gasteiger partial charge in [0.2, 0.25) is 11.8 Å². The lowest BCUT2D eigenvalue weighted by Crippen LogP contribution is -2.33. The quantitative estimate of drug-likeness (QED) is 0.697. The fourth-order valence-electron chi connectivity index (χ4n) is 2.33. The van der Waals surface area contributed by atoms with E-state index in [9.17, 15) is 9.59 Å². The summed E-state index contributed by atoms with van der Waals surface area (Å²) in [5.41, 5.74) is 2.89. The number of carbonyl (C=O) groups excluding carboxylic acids is 2. The highest BCUT2D eigenvalue weighted by atomic mass is 79.9. The highest BCUT2D eigenvalue weighted by molar-refractivity contribution is 9.10. The van der Waals surface area contributed by atoms with Crippen LogP contribution in [0, 0.1) is 0 Å². The fourth-order valence-corrected chi connectivity index (χ4v) is 2.72. The van der Waals surface area contributed by atoms with Crippen LogP contribution in [-0.4, -0.2) is 30.3 Å². The largest absolute Gasteiger partial charge is 0.333 e. The van der Waals surface area contributed by atoms with Crippen LogP contribution in [0.1, 0.15) is 30.9 Å². The first-order chi connectivity index (χ1) is 12.4. The molecule has 26 heavy (non-hydrogen) atoms. The molecule has 0 saturated heterocycles. The number of carbonyl (C=O) groups is 2. The summed E-state index contributed by atoms with van der Waals surface area (Å²) in [5.74, 6) is 0.00612. The number of likely N-dealkylation sites (N-methyl/N-ethyl adjacent to an activating group) is 1. The fraction of sp³-hybridized carbons (Fsp3) is 0.238. The molecule has 0 aliphatic heterocycles. The lowest BCUT2D eigenvalue weighted by molar-refractivity contribution is -0.129. The molecule has 0 atom stereocenters. The highest BCUT2D eigenvalue weighted by Crippen LogP contribution is 2.21. The predicted octanol–water partition coefficient (Wildman–Crippen LogP) is 4.68. The third-order valence-corrected chi connectivity index (χ3v) is 4.62. The van der Waals surface area contributed by atoms with Crippen LogP contribution in [-0.2, 0) is 9.59 Å². The molecule has 0 radical (unpaired) electrons. The number of nitrogens with one attached hydrogen (secondary N) is 1. The third-order valence-electron chi connectivity index (χ3n) is 3.93. The predicted molar refractivity (Wildman–Crippen MR) is 110 cm³/mol. The Bertz CT molecular complexity index is 798. The minimum Gasteiger partial charge on any atom is -0.333 e. The molecule has 0 aliphatic rings.